The molecule has 0 bridgehead atoms. The molecule has 0 spiro atoms. The van der Waals surface area contributed by atoms with Crippen molar-refractivity contribution in [1.29, 1.82) is 0 Å². The van der Waals surface area contributed by atoms with Gasteiger partial charge in [-0.1, -0.05) is 13.3 Å². The standard InChI is InChI=1S/C18H13F9O/c1-2-3-4-9-5-11(19)16(12(20)6-9)18(26,27)28-10-7-13(21)15(14(22)8-10)17(23,24)25/h5-8H,2-4H2,1H3. The van der Waals surface area contributed by atoms with Crippen LogP contribution >= 0.6 is 0 Å². The Balaban J connectivity index is 2.39. The summed E-state index contributed by atoms with van der Waals surface area (Å²) in [5, 5.41) is 0. The quantitative estimate of drug-likeness (QED) is 0.475. The van der Waals surface area contributed by atoms with E-state index in [0.29, 0.717) is 25.0 Å². The fraction of sp³-hybridized carbons (Fsp3) is 0.333. The summed E-state index contributed by atoms with van der Waals surface area (Å²) in [5.74, 6) is -9.13. The van der Waals surface area contributed by atoms with Crippen LogP contribution in [0.1, 0.15) is 36.5 Å². The van der Waals surface area contributed by atoms with Crippen molar-refractivity contribution >= 4 is 0 Å². The van der Waals surface area contributed by atoms with Gasteiger partial charge in [-0.25, -0.2) is 17.6 Å². The number of ether oxygens (including phenoxy) is 1. The molecule has 0 radical (unpaired) electrons. The Morgan fingerprint density at radius 2 is 1.21 bits per heavy atom. The molecule has 0 saturated heterocycles. The molecule has 0 aromatic heterocycles. The molecule has 0 heterocycles. The normalized spacial score (nSPS) is 12.4. The van der Waals surface area contributed by atoms with E-state index in [2.05, 4.69) is 4.74 Å². The largest absolute Gasteiger partial charge is 0.432 e. The number of rotatable bonds is 6. The zero-order valence-corrected chi connectivity index (χ0v) is 14.2. The van der Waals surface area contributed by atoms with Crippen LogP contribution in [0.4, 0.5) is 39.5 Å². The summed E-state index contributed by atoms with van der Waals surface area (Å²) in [5.41, 5.74) is -4.02. The van der Waals surface area contributed by atoms with Crippen molar-refractivity contribution in [1.82, 2.24) is 0 Å². The lowest BCUT2D eigenvalue weighted by molar-refractivity contribution is -0.189. The van der Waals surface area contributed by atoms with Crippen molar-refractivity contribution in [3.63, 3.8) is 0 Å². The molecule has 0 amide bonds. The molecule has 2 aromatic carbocycles. The molecule has 0 saturated carbocycles. The van der Waals surface area contributed by atoms with E-state index in [1.807, 2.05) is 6.92 Å². The van der Waals surface area contributed by atoms with Crippen LogP contribution in [-0.4, -0.2) is 0 Å². The predicted molar refractivity (Wildman–Crippen MR) is 80.9 cm³/mol. The molecule has 0 aliphatic heterocycles. The number of halogens is 9. The van der Waals surface area contributed by atoms with Gasteiger partial charge in [-0.2, -0.15) is 22.0 Å². The number of benzene rings is 2. The molecule has 0 unspecified atom stereocenters. The van der Waals surface area contributed by atoms with Gasteiger partial charge in [0.1, 0.15) is 40.1 Å². The SMILES string of the molecule is CCCCc1cc(F)c(C(F)(F)Oc2cc(F)c(C(F)(F)F)c(F)c2)c(F)c1. The van der Waals surface area contributed by atoms with Crippen molar-refractivity contribution in [2.45, 2.75) is 38.5 Å². The maximum absolute atomic E-state index is 14.2. The Kier molecular flexibility index (Phi) is 6.20. The van der Waals surface area contributed by atoms with Gasteiger partial charge in [0.05, 0.1) is 0 Å². The maximum atomic E-state index is 14.2. The molecule has 28 heavy (non-hydrogen) atoms. The minimum Gasteiger partial charge on any atom is -0.429 e. The molecule has 1 nitrogen and oxygen atoms in total. The van der Waals surface area contributed by atoms with Gasteiger partial charge in [-0.05, 0) is 30.5 Å². The summed E-state index contributed by atoms with van der Waals surface area (Å²) < 4.78 is 125. The lowest BCUT2D eigenvalue weighted by atomic mass is 10.0. The van der Waals surface area contributed by atoms with Gasteiger partial charge in [0.2, 0.25) is 0 Å². The third-order valence-corrected chi connectivity index (χ3v) is 3.76. The first-order chi connectivity index (χ1) is 12.9. The number of aryl methyl sites for hydroxylation is 1. The first-order valence-electron chi connectivity index (χ1n) is 7.98. The molecule has 0 N–H and O–H groups in total. The minimum atomic E-state index is -5.41. The summed E-state index contributed by atoms with van der Waals surface area (Å²) in [6, 6.07) is 1.04. The van der Waals surface area contributed by atoms with Crippen LogP contribution < -0.4 is 4.74 Å². The fourth-order valence-electron chi connectivity index (χ4n) is 2.51. The van der Waals surface area contributed by atoms with E-state index >= 15 is 0 Å². The average Bonchev–Trinajstić information content (AvgIpc) is 2.49. The summed E-state index contributed by atoms with van der Waals surface area (Å²) in [6.07, 6.45) is -8.69. The maximum Gasteiger partial charge on any atom is 0.432 e. The fourth-order valence-corrected chi connectivity index (χ4v) is 2.51. The molecule has 2 aromatic rings. The minimum absolute atomic E-state index is 0.114. The van der Waals surface area contributed by atoms with E-state index in [9.17, 15) is 39.5 Å². The van der Waals surface area contributed by atoms with Crippen LogP contribution in [0.15, 0.2) is 24.3 Å². The first-order valence-corrected chi connectivity index (χ1v) is 7.98. The van der Waals surface area contributed by atoms with Gasteiger partial charge >= 0.3 is 12.3 Å². The summed E-state index contributed by atoms with van der Waals surface area (Å²) in [7, 11) is 0. The van der Waals surface area contributed by atoms with Gasteiger partial charge in [-0.15, -0.1) is 0 Å². The van der Waals surface area contributed by atoms with Crippen LogP contribution in [0.2, 0.25) is 0 Å². The van der Waals surface area contributed by atoms with Gasteiger partial charge in [-0.3, -0.25) is 0 Å². The second-order valence-electron chi connectivity index (χ2n) is 5.92. The van der Waals surface area contributed by atoms with Crippen LogP contribution in [-0.2, 0) is 18.7 Å². The second kappa shape index (κ2) is 7.92. The van der Waals surface area contributed by atoms with E-state index in [0.717, 1.165) is 0 Å². The molecular formula is C18H13F9O. The number of hydrogen-bond donors (Lipinski definition) is 0. The Bertz CT molecular complexity index is 813. The molecule has 0 aliphatic carbocycles. The highest BCUT2D eigenvalue weighted by Crippen LogP contribution is 2.39. The van der Waals surface area contributed by atoms with Gasteiger partial charge in [0.15, 0.2) is 0 Å². The van der Waals surface area contributed by atoms with E-state index in [1.54, 1.807) is 0 Å². The van der Waals surface area contributed by atoms with Crippen molar-refractivity contribution in [2.75, 3.05) is 0 Å². The highest BCUT2D eigenvalue weighted by molar-refractivity contribution is 5.34. The zero-order valence-electron chi connectivity index (χ0n) is 14.2. The number of unbranched alkanes of at least 4 members (excludes halogenated alkanes) is 1. The van der Waals surface area contributed by atoms with E-state index < -0.39 is 52.4 Å². The highest BCUT2D eigenvalue weighted by Gasteiger charge is 2.43. The molecule has 0 atom stereocenters. The van der Waals surface area contributed by atoms with E-state index in [4.69, 9.17) is 0 Å². The second-order valence-corrected chi connectivity index (χ2v) is 5.92. The highest BCUT2D eigenvalue weighted by atomic mass is 19.4. The van der Waals surface area contributed by atoms with E-state index in [1.165, 1.54) is 0 Å². The van der Waals surface area contributed by atoms with E-state index in [-0.39, 0.29) is 24.1 Å². The van der Waals surface area contributed by atoms with Crippen molar-refractivity contribution in [3.05, 3.63) is 64.2 Å². The molecule has 10 heteroatoms. The van der Waals surface area contributed by atoms with Crippen LogP contribution in [0.5, 0.6) is 5.75 Å². The zero-order chi connectivity index (χ0) is 21.3. The summed E-state index contributed by atoms with van der Waals surface area (Å²) in [4.78, 5) is 0. The van der Waals surface area contributed by atoms with Crippen LogP contribution in [0, 0.1) is 23.3 Å². The summed E-state index contributed by atoms with van der Waals surface area (Å²) >= 11 is 0. The Morgan fingerprint density at radius 3 is 1.64 bits per heavy atom. The van der Waals surface area contributed by atoms with Gasteiger partial charge in [0.25, 0.3) is 0 Å². The molecule has 2 rings (SSSR count). The van der Waals surface area contributed by atoms with Gasteiger partial charge in [0, 0.05) is 12.1 Å². The lowest BCUT2D eigenvalue weighted by Crippen LogP contribution is -2.26. The van der Waals surface area contributed by atoms with Crippen molar-refractivity contribution in [2.24, 2.45) is 0 Å². The van der Waals surface area contributed by atoms with Crippen molar-refractivity contribution in [3.8, 4) is 5.75 Å². The third kappa shape index (κ3) is 4.71. The van der Waals surface area contributed by atoms with Crippen molar-refractivity contribution < 1.29 is 44.3 Å². The lowest BCUT2D eigenvalue weighted by Gasteiger charge is -2.20. The van der Waals surface area contributed by atoms with Crippen LogP contribution in [0.3, 0.4) is 0 Å². The topological polar surface area (TPSA) is 9.23 Å². The number of alkyl halides is 5. The Hall–Kier alpha value is -2.39. The molecule has 0 fully saturated rings. The smallest absolute Gasteiger partial charge is 0.429 e. The average molecular weight is 416 g/mol. The predicted octanol–water partition coefficient (Wildman–Crippen LogP) is 6.73. The molecule has 0 aliphatic rings. The monoisotopic (exact) mass is 416 g/mol. The molecule has 154 valence electrons. The Morgan fingerprint density at radius 1 is 0.750 bits per heavy atom. The van der Waals surface area contributed by atoms with Crippen LogP contribution in [0.25, 0.3) is 0 Å². The first kappa shape index (κ1) is 21.9. The number of hydrogen-bond acceptors (Lipinski definition) is 1. The van der Waals surface area contributed by atoms with Gasteiger partial charge < -0.3 is 4.74 Å². The third-order valence-electron chi connectivity index (χ3n) is 3.76. The summed E-state index contributed by atoms with van der Waals surface area (Å²) in [6.45, 7) is 1.81. The molecular weight excluding hydrogens is 403 g/mol. The Labute approximate surface area is 153 Å².